The van der Waals surface area contributed by atoms with Crippen molar-refractivity contribution >= 4 is 5.78 Å². The van der Waals surface area contributed by atoms with E-state index in [0.29, 0.717) is 5.69 Å². The smallest absolute Gasteiger partial charge is 0.208 e. The summed E-state index contributed by atoms with van der Waals surface area (Å²) in [6.07, 6.45) is 1.44. The van der Waals surface area contributed by atoms with Gasteiger partial charge in [0.2, 0.25) is 5.78 Å². The summed E-state index contributed by atoms with van der Waals surface area (Å²) in [5.41, 5.74) is 0.163. The van der Waals surface area contributed by atoms with Gasteiger partial charge in [0, 0.05) is 7.05 Å². The van der Waals surface area contributed by atoms with Crippen LogP contribution in [-0.4, -0.2) is 33.0 Å². The molecule has 0 unspecified atom stereocenters. The minimum atomic E-state index is -0.304. The first-order valence-electron chi connectivity index (χ1n) is 4.42. The molecule has 0 saturated carbocycles. The number of aryl methyl sites for hydroxylation is 1. The number of aromatic nitrogens is 3. The van der Waals surface area contributed by atoms with E-state index in [-0.39, 0.29) is 18.0 Å². The predicted molar refractivity (Wildman–Crippen MR) is 51.0 cm³/mol. The van der Waals surface area contributed by atoms with Gasteiger partial charge in [0.25, 0.3) is 0 Å². The Labute approximate surface area is 83.1 Å². The van der Waals surface area contributed by atoms with E-state index in [0.717, 1.165) is 0 Å². The second kappa shape index (κ2) is 3.88. The molecule has 1 heterocycles. The average molecular weight is 197 g/mol. The Kier molecular flexibility index (Phi) is 3.00. The Bertz CT molecular complexity index is 325. The highest BCUT2D eigenvalue weighted by atomic mass is 16.5. The number of Topliss-reactive ketones (excluding diaryl/α,β-unsaturated/α-hetero) is 1. The zero-order valence-electron chi connectivity index (χ0n) is 8.94. The summed E-state index contributed by atoms with van der Waals surface area (Å²) < 4.78 is 6.79. The maximum atomic E-state index is 11.5. The summed E-state index contributed by atoms with van der Waals surface area (Å²) in [5, 5.41) is 7.30. The number of carbonyl (C=O) groups is 1. The fraction of sp³-hybridized carbons (Fsp3) is 0.667. The fourth-order valence-corrected chi connectivity index (χ4v) is 0.898. The Morgan fingerprint density at radius 3 is 2.64 bits per heavy atom. The van der Waals surface area contributed by atoms with Crippen LogP contribution < -0.4 is 0 Å². The van der Waals surface area contributed by atoms with Crippen LogP contribution in [0.5, 0.6) is 0 Å². The molecule has 1 aromatic heterocycles. The molecule has 0 aliphatic rings. The van der Waals surface area contributed by atoms with Gasteiger partial charge >= 0.3 is 0 Å². The van der Waals surface area contributed by atoms with E-state index in [1.54, 1.807) is 7.05 Å². The van der Waals surface area contributed by atoms with Crippen molar-refractivity contribution in [2.24, 2.45) is 7.05 Å². The van der Waals surface area contributed by atoms with Crippen molar-refractivity contribution in [3.8, 4) is 0 Å². The van der Waals surface area contributed by atoms with Gasteiger partial charge in [0.1, 0.15) is 12.3 Å². The van der Waals surface area contributed by atoms with E-state index in [1.807, 2.05) is 20.8 Å². The normalized spacial score (nSPS) is 11.7. The first kappa shape index (κ1) is 10.8. The molecule has 0 bridgehead atoms. The molecule has 0 saturated heterocycles. The Balaban J connectivity index is 2.56. The van der Waals surface area contributed by atoms with E-state index in [1.165, 1.54) is 10.9 Å². The van der Waals surface area contributed by atoms with Gasteiger partial charge in [-0.25, -0.2) is 4.68 Å². The monoisotopic (exact) mass is 197 g/mol. The van der Waals surface area contributed by atoms with Crippen LogP contribution in [0.2, 0.25) is 0 Å². The Morgan fingerprint density at radius 1 is 1.57 bits per heavy atom. The Morgan fingerprint density at radius 2 is 2.21 bits per heavy atom. The zero-order chi connectivity index (χ0) is 10.8. The fourth-order valence-electron chi connectivity index (χ4n) is 0.898. The molecule has 1 aromatic rings. The maximum Gasteiger partial charge on any atom is 0.208 e. The minimum Gasteiger partial charge on any atom is -0.368 e. The summed E-state index contributed by atoms with van der Waals surface area (Å²) in [4.78, 5) is 11.5. The van der Waals surface area contributed by atoms with Crippen molar-refractivity contribution in [3.05, 3.63) is 11.9 Å². The topological polar surface area (TPSA) is 57.0 Å². The van der Waals surface area contributed by atoms with Crippen molar-refractivity contribution in [1.29, 1.82) is 0 Å². The summed E-state index contributed by atoms with van der Waals surface area (Å²) in [6.45, 7) is 5.77. The SMILES string of the molecule is Cn1nncc1C(=O)COC(C)(C)C. The third-order valence-corrected chi connectivity index (χ3v) is 1.64. The molecule has 0 spiro atoms. The summed E-state index contributed by atoms with van der Waals surface area (Å²) >= 11 is 0. The molecule has 0 radical (unpaired) electrons. The minimum absolute atomic E-state index is 0.0602. The number of carbonyl (C=O) groups excluding carboxylic acids is 1. The highest BCUT2D eigenvalue weighted by molar-refractivity contribution is 5.95. The van der Waals surface area contributed by atoms with Crippen LogP contribution in [0.25, 0.3) is 0 Å². The van der Waals surface area contributed by atoms with Crippen LogP contribution in [0.1, 0.15) is 31.3 Å². The molecule has 0 N–H and O–H groups in total. The number of hydrogen-bond acceptors (Lipinski definition) is 4. The number of nitrogens with zero attached hydrogens (tertiary/aromatic N) is 3. The average Bonchev–Trinajstić information content (AvgIpc) is 2.46. The molecule has 0 aromatic carbocycles. The number of ether oxygens (including phenoxy) is 1. The van der Waals surface area contributed by atoms with E-state index in [4.69, 9.17) is 4.74 Å². The highest BCUT2D eigenvalue weighted by Gasteiger charge is 2.16. The van der Waals surface area contributed by atoms with Gasteiger partial charge in [-0.1, -0.05) is 5.21 Å². The zero-order valence-corrected chi connectivity index (χ0v) is 8.94. The van der Waals surface area contributed by atoms with E-state index < -0.39 is 0 Å². The van der Waals surface area contributed by atoms with Gasteiger partial charge in [0.05, 0.1) is 11.8 Å². The van der Waals surface area contributed by atoms with Crippen molar-refractivity contribution in [1.82, 2.24) is 15.0 Å². The molecule has 0 atom stereocenters. The second-order valence-electron chi connectivity index (χ2n) is 4.07. The molecule has 0 amide bonds. The van der Waals surface area contributed by atoms with Crippen LogP contribution in [0.15, 0.2) is 6.20 Å². The third-order valence-electron chi connectivity index (χ3n) is 1.64. The van der Waals surface area contributed by atoms with Gasteiger partial charge in [-0.05, 0) is 20.8 Å². The van der Waals surface area contributed by atoms with Crippen LogP contribution in [0.4, 0.5) is 0 Å². The van der Waals surface area contributed by atoms with Crippen LogP contribution >= 0.6 is 0 Å². The van der Waals surface area contributed by atoms with E-state index >= 15 is 0 Å². The maximum absolute atomic E-state index is 11.5. The lowest BCUT2D eigenvalue weighted by Crippen LogP contribution is -2.24. The molecule has 5 nitrogen and oxygen atoms in total. The van der Waals surface area contributed by atoms with Crippen LogP contribution in [0.3, 0.4) is 0 Å². The third kappa shape index (κ3) is 2.92. The number of ketones is 1. The van der Waals surface area contributed by atoms with Crippen molar-refractivity contribution in [2.75, 3.05) is 6.61 Å². The van der Waals surface area contributed by atoms with Crippen LogP contribution in [-0.2, 0) is 11.8 Å². The lowest BCUT2D eigenvalue weighted by atomic mass is 10.2. The number of rotatable bonds is 3. The van der Waals surface area contributed by atoms with Gasteiger partial charge in [0.15, 0.2) is 0 Å². The molecule has 5 heteroatoms. The Hall–Kier alpha value is -1.23. The molecule has 78 valence electrons. The lowest BCUT2D eigenvalue weighted by molar-refractivity contribution is 0.00269. The van der Waals surface area contributed by atoms with E-state index in [2.05, 4.69) is 10.3 Å². The van der Waals surface area contributed by atoms with Crippen molar-refractivity contribution in [3.63, 3.8) is 0 Å². The van der Waals surface area contributed by atoms with Crippen molar-refractivity contribution < 1.29 is 9.53 Å². The highest BCUT2D eigenvalue weighted by Crippen LogP contribution is 2.07. The molecule has 0 aliphatic heterocycles. The largest absolute Gasteiger partial charge is 0.368 e. The molecule has 14 heavy (non-hydrogen) atoms. The molecule has 0 aliphatic carbocycles. The summed E-state index contributed by atoms with van der Waals surface area (Å²) in [5.74, 6) is -0.104. The summed E-state index contributed by atoms with van der Waals surface area (Å²) in [6, 6.07) is 0. The predicted octanol–water partition coefficient (Wildman–Crippen LogP) is 0.813. The van der Waals surface area contributed by atoms with Gasteiger partial charge in [-0.3, -0.25) is 4.79 Å². The lowest BCUT2D eigenvalue weighted by Gasteiger charge is -2.18. The molecular formula is C9H15N3O2. The first-order valence-corrected chi connectivity index (χ1v) is 4.42. The second-order valence-corrected chi connectivity index (χ2v) is 4.07. The van der Waals surface area contributed by atoms with Crippen LogP contribution in [0, 0.1) is 0 Å². The summed E-state index contributed by atoms with van der Waals surface area (Å²) in [7, 11) is 1.68. The van der Waals surface area contributed by atoms with Gasteiger partial charge < -0.3 is 4.74 Å². The molecular weight excluding hydrogens is 182 g/mol. The van der Waals surface area contributed by atoms with Gasteiger partial charge in [-0.2, -0.15) is 0 Å². The van der Waals surface area contributed by atoms with Crippen molar-refractivity contribution in [2.45, 2.75) is 26.4 Å². The molecule has 0 fully saturated rings. The standard InChI is InChI=1S/C9H15N3O2/c1-9(2,3)14-6-8(13)7-5-10-11-12(7)4/h5H,6H2,1-4H3. The van der Waals surface area contributed by atoms with Gasteiger partial charge in [-0.15, -0.1) is 5.10 Å². The quantitative estimate of drug-likeness (QED) is 0.673. The first-order chi connectivity index (χ1) is 6.40. The van der Waals surface area contributed by atoms with E-state index in [9.17, 15) is 4.79 Å². The molecule has 1 rings (SSSR count). The number of hydrogen-bond donors (Lipinski definition) is 0.